The van der Waals surface area contributed by atoms with Gasteiger partial charge in [0.15, 0.2) is 0 Å². The van der Waals surface area contributed by atoms with Crippen LogP contribution in [0.25, 0.3) is 22.2 Å². The molecule has 4 aromatic rings. The standard InChI is InChI=1S/C29H27N5O3/c1-33-11-12-34(26(35)16-33)19-6-3-17(4-7-19)27-21-9-5-18(13-25(21)31-32-27)23-15-29(23)22-14-20(37-2)8-10-24(22)30-28(29)36/h3-10,13-14,23H,11-12,15-16H2,1-2H3,(H,30,36)(H,31,32)/t23-,29-/m0/s1. The van der Waals surface area contributed by atoms with Crippen molar-refractivity contribution in [2.45, 2.75) is 17.8 Å². The van der Waals surface area contributed by atoms with Crippen molar-refractivity contribution in [2.24, 2.45) is 0 Å². The molecule has 186 valence electrons. The first kappa shape index (κ1) is 22.1. The second-order valence-electron chi connectivity index (χ2n) is 10.3. The zero-order valence-corrected chi connectivity index (χ0v) is 20.7. The molecule has 0 unspecified atom stereocenters. The minimum atomic E-state index is -0.531. The third-order valence-electron chi connectivity index (χ3n) is 8.17. The Balaban J connectivity index is 1.17. The van der Waals surface area contributed by atoms with Gasteiger partial charge in [0.1, 0.15) is 5.75 Å². The first-order chi connectivity index (χ1) is 18.0. The number of aromatic amines is 1. The number of benzene rings is 3. The Morgan fingerprint density at radius 2 is 1.86 bits per heavy atom. The molecule has 2 fully saturated rings. The maximum absolute atomic E-state index is 13.0. The summed E-state index contributed by atoms with van der Waals surface area (Å²) in [6, 6.07) is 20.1. The van der Waals surface area contributed by atoms with Gasteiger partial charge in [-0.2, -0.15) is 5.10 Å². The molecule has 8 nitrogen and oxygen atoms in total. The number of nitrogens with one attached hydrogen (secondary N) is 2. The molecule has 2 amide bonds. The highest BCUT2D eigenvalue weighted by Gasteiger charge is 2.65. The van der Waals surface area contributed by atoms with Gasteiger partial charge in [0.2, 0.25) is 11.8 Å². The highest BCUT2D eigenvalue weighted by molar-refractivity contribution is 6.10. The van der Waals surface area contributed by atoms with Crippen molar-refractivity contribution in [3.63, 3.8) is 0 Å². The number of rotatable bonds is 4. The predicted molar refractivity (Wildman–Crippen MR) is 142 cm³/mol. The summed E-state index contributed by atoms with van der Waals surface area (Å²) in [5.41, 5.74) is 6.20. The lowest BCUT2D eigenvalue weighted by atomic mass is 9.91. The van der Waals surface area contributed by atoms with Crippen LogP contribution < -0.4 is 15.0 Å². The number of amides is 2. The van der Waals surface area contributed by atoms with Gasteiger partial charge in [-0.25, -0.2) is 0 Å². The molecule has 1 aromatic heterocycles. The Kier molecular flexibility index (Phi) is 4.72. The zero-order chi connectivity index (χ0) is 25.3. The van der Waals surface area contributed by atoms with Crippen molar-refractivity contribution in [3.8, 4) is 17.0 Å². The van der Waals surface area contributed by atoms with Crippen LogP contribution in [-0.4, -0.2) is 60.7 Å². The third-order valence-corrected chi connectivity index (χ3v) is 8.17. The van der Waals surface area contributed by atoms with Crippen LogP contribution in [0.2, 0.25) is 0 Å². The number of piperazine rings is 1. The highest BCUT2D eigenvalue weighted by atomic mass is 16.5. The van der Waals surface area contributed by atoms with Gasteiger partial charge < -0.3 is 15.0 Å². The molecule has 2 N–H and O–H groups in total. The Hall–Kier alpha value is -4.17. The number of methoxy groups -OCH3 is 1. The molecular weight excluding hydrogens is 466 g/mol. The summed E-state index contributed by atoms with van der Waals surface area (Å²) in [4.78, 5) is 29.3. The number of ether oxygens (including phenoxy) is 1. The molecule has 3 aromatic carbocycles. The number of carbonyl (C=O) groups excluding carboxylic acids is 2. The lowest BCUT2D eigenvalue weighted by molar-refractivity contribution is -0.121. The molecule has 2 atom stereocenters. The second kappa shape index (κ2) is 7.91. The quantitative estimate of drug-likeness (QED) is 0.450. The van der Waals surface area contributed by atoms with Crippen molar-refractivity contribution in [1.29, 1.82) is 0 Å². The van der Waals surface area contributed by atoms with E-state index < -0.39 is 5.41 Å². The van der Waals surface area contributed by atoms with Gasteiger partial charge in [0, 0.05) is 41.3 Å². The van der Waals surface area contributed by atoms with Crippen molar-refractivity contribution in [3.05, 3.63) is 71.8 Å². The van der Waals surface area contributed by atoms with Crippen LogP contribution in [0.3, 0.4) is 0 Å². The van der Waals surface area contributed by atoms with E-state index in [4.69, 9.17) is 4.74 Å². The van der Waals surface area contributed by atoms with E-state index in [9.17, 15) is 9.59 Å². The third kappa shape index (κ3) is 3.29. The lowest BCUT2D eigenvalue weighted by Crippen LogP contribution is -2.48. The van der Waals surface area contributed by atoms with Crippen molar-refractivity contribution in [2.75, 3.05) is 44.0 Å². The van der Waals surface area contributed by atoms with E-state index >= 15 is 0 Å². The Morgan fingerprint density at radius 3 is 2.65 bits per heavy atom. The Bertz CT molecular complexity index is 1580. The van der Waals surface area contributed by atoms with Gasteiger partial charge in [-0.3, -0.25) is 19.6 Å². The molecule has 1 saturated carbocycles. The largest absolute Gasteiger partial charge is 0.497 e. The number of nitrogens with zero attached hydrogens (tertiary/aromatic N) is 3. The molecule has 1 aliphatic carbocycles. The number of H-pyrrole nitrogens is 1. The van der Waals surface area contributed by atoms with Gasteiger partial charge >= 0.3 is 0 Å². The first-order valence-corrected chi connectivity index (χ1v) is 12.6. The molecule has 37 heavy (non-hydrogen) atoms. The van der Waals surface area contributed by atoms with Gasteiger partial charge in [-0.15, -0.1) is 0 Å². The Labute approximate surface area is 214 Å². The number of anilines is 2. The van der Waals surface area contributed by atoms with E-state index in [2.05, 4.69) is 33.7 Å². The molecule has 3 aliphatic rings. The molecule has 1 spiro atoms. The van der Waals surface area contributed by atoms with E-state index in [1.54, 1.807) is 7.11 Å². The molecule has 1 saturated heterocycles. The smallest absolute Gasteiger partial charge is 0.241 e. The topological polar surface area (TPSA) is 90.6 Å². The zero-order valence-electron chi connectivity index (χ0n) is 20.7. The maximum Gasteiger partial charge on any atom is 0.241 e. The molecule has 0 bridgehead atoms. The van der Waals surface area contributed by atoms with Crippen molar-refractivity contribution >= 4 is 34.1 Å². The number of carbonyl (C=O) groups is 2. The highest BCUT2D eigenvalue weighted by Crippen LogP contribution is 2.65. The SMILES string of the molecule is COc1ccc2c(c1)[C@]1(C[C@H]1c1ccc3c(-c4ccc(N5CCN(C)CC5=O)cc4)n[nH]c3c1)C(=O)N2. The monoisotopic (exact) mass is 493 g/mol. The first-order valence-electron chi connectivity index (χ1n) is 12.6. The molecule has 0 radical (unpaired) electrons. The van der Waals surface area contributed by atoms with Crippen LogP contribution in [0.5, 0.6) is 5.75 Å². The summed E-state index contributed by atoms with van der Waals surface area (Å²) in [7, 11) is 3.61. The predicted octanol–water partition coefficient (Wildman–Crippen LogP) is 3.89. The summed E-state index contributed by atoms with van der Waals surface area (Å²) in [6.45, 7) is 2.00. The molecule has 3 heterocycles. The lowest BCUT2D eigenvalue weighted by Gasteiger charge is -2.32. The van der Waals surface area contributed by atoms with E-state index in [0.29, 0.717) is 13.1 Å². The summed E-state index contributed by atoms with van der Waals surface area (Å²) in [6.07, 6.45) is 0.776. The average Bonchev–Trinajstić information content (AvgIpc) is 3.43. The normalized spacial score (nSPS) is 23.0. The van der Waals surface area contributed by atoms with Crippen LogP contribution >= 0.6 is 0 Å². The number of fused-ring (bicyclic) bond motifs is 3. The van der Waals surface area contributed by atoms with Crippen LogP contribution in [0.1, 0.15) is 23.5 Å². The summed E-state index contributed by atoms with van der Waals surface area (Å²) in [5, 5.41) is 11.9. The van der Waals surface area contributed by atoms with Gasteiger partial charge in [0.05, 0.1) is 30.3 Å². The summed E-state index contributed by atoms with van der Waals surface area (Å²) >= 11 is 0. The van der Waals surface area contributed by atoms with Crippen LogP contribution in [-0.2, 0) is 15.0 Å². The van der Waals surface area contributed by atoms with Crippen molar-refractivity contribution < 1.29 is 14.3 Å². The Morgan fingerprint density at radius 1 is 1.03 bits per heavy atom. The van der Waals surface area contributed by atoms with Crippen LogP contribution in [0.15, 0.2) is 60.7 Å². The van der Waals surface area contributed by atoms with E-state index in [-0.39, 0.29) is 17.7 Å². The van der Waals surface area contributed by atoms with Gasteiger partial charge in [-0.05, 0) is 61.0 Å². The molecule has 8 heteroatoms. The van der Waals surface area contributed by atoms with Gasteiger partial charge in [0.25, 0.3) is 0 Å². The fraction of sp³-hybridized carbons (Fsp3) is 0.276. The average molecular weight is 494 g/mol. The summed E-state index contributed by atoms with van der Waals surface area (Å²) < 4.78 is 5.42. The van der Waals surface area contributed by atoms with E-state index in [1.165, 1.54) is 0 Å². The van der Waals surface area contributed by atoms with Crippen LogP contribution in [0, 0.1) is 0 Å². The van der Waals surface area contributed by atoms with Crippen LogP contribution in [0.4, 0.5) is 11.4 Å². The molecular formula is C29H27N5O3. The number of hydrogen-bond acceptors (Lipinski definition) is 5. The molecule has 7 rings (SSSR count). The van der Waals surface area contributed by atoms with Crippen molar-refractivity contribution in [1.82, 2.24) is 15.1 Å². The fourth-order valence-electron chi connectivity index (χ4n) is 6.04. The number of hydrogen-bond donors (Lipinski definition) is 2. The minimum Gasteiger partial charge on any atom is -0.497 e. The van der Waals surface area contributed by atoms with E-state index in [0.717, 1.165) is 63.4 Å². The number of likely N-dealkylation sites (N-methyl/N-ethyl adjacent to an activating group) is 1. The maximum atomic E-state index is 13.0. The molecule has 2 aliphatic heterocycles. The summed E-state index contributed by atoms with van der Waals surface area (Å²) in [5.74, 6) is 1.05. The van der Waals surface area contributed by atoms with Gasteiger partial charge in [-0.1, -0.05) is 24.3 Å². The number of aromatic nitrogens is 2. The fourth-order valence-corrected chi connectivity index (χ4v) is 6.04. The second-order valence-corrected chi connectivity index (χ2v) is 10.3. The van der Waals surface area contributed by atoms with E-state index in [1.807, 2.05) is 59.3 Å². The minimum absolute atomic E-state index is 0.0603.